The van der Waals surface area contributed by atoms with E-state index < -0.39 is 12.1 Å². The average Bonchev–Trinajstić information content (AvgIpc) is 2.67. The van der Waals surface area contributed by atoms with Crippen LogP contribution in [0.15, 0.2) is 46.9 Å². The van der Waals surface area contributed by atoms with E-state index in [1.165, 1.54) is 0 Å². The standard InChI is InChI=1S/C20H22BrN3O4/c21-15-3-1-2-14(11-15)16(24-20(22)26)12-19(25)23-7-6-13-4-5-17-18(10-13)28-9-8-27-17/h1-5,10-11,16H,6-9,12H2,(H,23,25)(H3,22,24,26). The zero-order valence-electron chi connectivity index (χ0n) is 15.2. The number of rotatable bonds is 7. The molecule has 0 saturated carbocycles. The number of primary amides is 1. The molecule has 0 saturated heterocycles. The largest absolute Gasteiger partial charge is 0.486 e. The van der Waals surface area contributed by atoms with Crippen LogP contribution in [0, 0.1) is 0 Å². The van der Waals surface area contributed by atoms with Gasteiger partial charge in [-0.15, -0.1) is 0 Å². The lowest BCUT2D eigenvalue weighted by Crippen LogP contribution is -2.37. The Labute approximate surface area is 171 Å². The maximum absolute atomic E-state index is 12.4. The summed E-state index contributed by atoms with van der Waals surface area (Å²) in [4.78, 5) is 23.7. The zero-order chi connectivity index (χ0) is 19.9. The topological polar surface area (TPSA) is 103 Å². The molecule has 1 atom stereocenters. The first kappa shape index (κ1) is 20.0. The molecule has 4 N–H and O–H groups in total. The molecule has 0 aliphatic carbocycles. The normalized spacial score (nSPS) is 13.5. The number of halogens is 1. The predicted molar refractivity (Wildman–Crippen MR) is 108 cm³/mol. The summed E-state index contributed by atoms with van der Waals surface area (Å²) in [5.74, 6) is 1.31. The molecule has 7 nitrogen and oxygen atoms in total. The summed E-state index contributed by atoms with van der Waals surface area (Å²) in [7, 11) is 0. The van der Waals surface area contributed by atoms with Crippen LogP contribution >= 0.6 is 15.9 Å². The van der Waals surface area contributed by atoms with Crippen molar-refractivity contribution in [2.45, 2.75) is 18.9 Å². The summed E-state index contributed by atoms with van der Waals surface area (Å²) >= 11 is 3.39. The van der Waals surface area contributed by atoms with Crippen LogP contribution in [0.3, 0.4) is 0 Å². The number of hydrogen-bond donors (Lipinski definition) is 3. The summed E-state index contributed by atoms with van der Waals surface area (Å²) in [5, 5.41) is 5.51. The Morgan fingerprint density at radius 3 is 2.64 bits per heavy atom. The van der Waals surface area contributed by atoms with Crippen molar-refractivity contribution in [2.24, 2.45) is 5.73 Å². The highest BCUT2D eigenvalue weighted by molar-refractivity contribution is 9.10. The van der Waals surface area contributed by atoms with Gasteiger partial charge in [-0.2, -0.15) is 0 Å². The van der Waals surface area contributed by atoms with E-state index in [0.29, 0.717) is 26.2 Å². The van der Waals surface area contributed by atoms with E-state index in [0.717, 1.165) is 27.1 Å². The summed E-state index contributed by atoms with van der Waals surface area (Å²) in [6.07, 6.45) is 0.758. The molecule has 3 rings (SSSR count). The van der Waals surface area contributed by atoms with E-state index in [1.54, 1.807) is 0 Å². The molecule has 0 radical (unpaired) electrons. The molecular formula is C20H22BrN3O4. The van der Waals surface area contributed by atoms with Gasteiger partial charge in [0.15, 0.2) is 11.5 Å². The summed E-state index contributed by atoms with van der Waals surface area (Å²) in [5.41, 5.74) is 7.11. The molecule has 1 aliphatic heterocycles. The van der Waals surface area contributed by atoms with Gasteiger partial charge >= 0.3 is 6.03 Å². The Morgan fingerprint density at radius 1 is 1.11 bits per heavy atom. The third-order valence-electron chi connectivity index (χ3n) is 4.30. The first-order valence-corrected chi connectivity index (χ1v) is 9.77. The highest BCUT2D eigenvalue weighted by Crippen LogP contribution is 2.30. The molecule has 148 valence electrons. The minimum Gasteiger partial charge on any atom is -0.486 e. The van der Waals surface area contributed by atoms with E-state index in [1.807, 2.05) is 42.5 Å². The molecule has 0 spiro atoms. The van der Waals surface area contributed by atoms with Crippen LogP contribution < -0.4 is 25.8 Å². The van der Waals surface area contributed by atoms with Gasteiger partial charge in [0.1, 0.15) is 13.2 Å². The van der Waals surface area contributed by atoms with Crippen molar-refractivity contribution in [1.82, 2.24) is 10.6 Å². The second kappa shape index (κ2) is 9.45. The van der Waals surface area contributed by atoms with Crippen molar-refractivity contribution < 1.29 is 19.1 Å². The number of nitrogens with two attached hydrogens (primary N) is 1. The maximum atomic E-state index is 12.4. The number of amides is 3. The van der Waals surface area contributed by atoms with Gasteiger partial charge in [-0.25, -0.2) is 4.79 Å². The molecule has 28 heavy (non-hydrogen) atoms. The number of fused-ring (bicyclic) bond motifs is 1. The summed E-state index contributed by atoms with van der Waals surface area (Å²) in [6.45, 7) is 1.57. The van der Waals surface area contributed by atoms with E-state index in [-0.39, 0.29) is 12.3 Å². The third-order valence-corrected chi connectivity index (χ3v) is 4.79. The van der Waals surface area contributed by atoms with Crippen LogP contribution in [0.1, 0.15) is 23.6 Å². The number of hydrogen-bond acceptors (Lipinski definition) is 4. The Bertz CT molecular complexity index is 859. The number of carbonyl (C=O) groups is 2. The van der Waals surface area contributed by atoms with E-state index in [2.05, 4.69) is 26.6 Å². The molecule has 1 unspecified atom stereocenters. The molecule has 3 amide bonds. The van der Waals surface area contributed by atoms with Gasteiger partial charge in [-0.1, -0.05) is 34.1 Å². The molecule has 0 fully saturated rings. The van der Waals surface area contributed by atoms with E-state index >= 15 is 0 Å². The van der Waals surface area contributed by atoms with Crippen LogP contribution in [0.5, 0.6) is 11.5 Å². The smallest absolute Gasteiger partial charge is 0.312 e. The quantitative estimate of drug-likeness (QED) is 0.606. The van der Waals surface area contributed by atoms with Gasteiger partial charge in [-0.3, -0.25) is 4.79 Å². The van der Waals surface area contributed by atoms with E-state index in [4.69, 9.17) is 15.2 Å². The third kappa shape index (κ3) is 5.63. The van der Waals surface area contributed by atoms with Crippen molar-refractivity contribution >= 4 is 27.9 Å². The first-order valence-electron chi connectivity index (χ1n) is 8.98. The van der Waals surface area contributed by atoms with Crippen molar-refractivity contribution in [1.29, 1.82) is 0 Å². The highest BCUT2D eigenvalue weighted by atomic mass is 79.9. The Kier molecular flexibility index (Phi) is 6.76. The van der Waals surface area contributed by atoms with Crippen LogP contribution in [-0.4, -0.2) is 31.7 Å². The van der Waals surface area contributed by atoms with Crippen LogP contribution in [0.4, 0.5) is 4.79 Å². The average molecular weight is 448 g/mol. The number of ether oxygens (including phenoxy) is 2. The van der Waals surface area contributed by atoms with Gasteiger partial charge < -0.3 is 25.8 Å². The van der Waals surface area contributed by atoms with Crippen molar-refractivity contribution in [2.75, 3.05) is 19.8 Å². The van der Waals surface area contributed by atoms with Gasteiger partial charge in [0, 0.05) is 11.0 Å². The fourth-order valence-electron chi connectivity index (χ4n) is 2.99. The minimum absolute atomic E-state index is 0.0978. The van der Waals surface area contributed by atoms with Gasteiger partial charge in [-0.05, 0) is 41.8 Å². The fourth-order valence-corrected chi connectivity index (χ4v) is 3.41. The predicted octanol–water partition coefficient (Wildman–Crippen LogP) is 2.68. The first-order chi connectivity index (χ1) is 13.5. The fraction of sp³-hybridized carbons (Fsp3) is 0.300. The SMILES string of the molecule is NC(=O)NC(CC(=O)NCCc1ccc2c(c1)OCCO2)c1cccc(Br)c1. The molecule has 8 heteroatoms. The molecule has 1 aliphatic rings. The van der Waals surface area contributed by atoms with Crippen LogP contribution in [0.2, 0.25) is 0 Å². The minimum atomic E-state index is -0.672. The van der Waals surface area contributed by atoms with Crippen LogP contribution in [-0.2, 0) is 11.2 Å². The molecule has 1 heterocycles. The van der Waals surface area contributed by atoms with Gasteiger partial charge in [0.2, 0.25) is 5.91 Å². The molecule has 0 bridgehead atoms. The Morgan fingerprint density at radius 2 is 1.89 bits per heavy atom. The Balaban J connectivity index is 1.54. The second-order valence-corrected chi connectivity index (χ2v) is 7.31. The molecule has 2 aromatic carbocycles. The van der Waals surface area contributed by atoms with Crippen LogP contribution in [0.25, 0.3) is 0 Å². The number of carbonyl (C=O) groups excluding carboxylic acids is 2. The van der Waals surface area contributed by atoms with Gasteiger partial charge in [0.05, 0.1) is 12.5 Å². The van der Waals surface area contributed by atoms with Crippen molar-refractivity contribution in [3.63, 3.8) is 0 Å². The highest BCUT2D eigenvalue weighted by Gasteiger charge is 2.18. The maximum Gasteiger partial charge on any atom is 0.312 e. The molecule has 0 aromatic heterocycles. The summed E-state index contributed by atoms with van der Waals surface area (Å²) < 4.78 is 11.9. The Hall–Kier alpha value is -2.74. The van der Waals surface area contributed by atoms with Gasteiger partial charge in [0.25, 0.3) is 0 Å². The van der Waals surface area contributed by atoms with Crippen molar-refractivity contribution in [3.8, 4) is 11.5 Å². The lowest BCUT2D eigenvalue weighted by Gasteiger charge is -2.19. The van der Waals surface area contributed by atoms with E-state index in [9.17, 15) is 9.59 Å². The summed E-state index contributed by atoms with van der Waals surface area (Å²) in [6, 6.07) is 12.0. The monoisotopic (exact) mass is 447 g/mol. The lowest BCUT2D eigenvalue weighted by atomic mass is 10.0. The number of nitrogens with one attached hydrogen (secondary N) is 2. The van der Waals surface area contributed by atoms with Crippen molar-refractivity contribution in [3.05, 3.63) is 58.1 Å². The molecular weight excluding hydrogens is 426 g/mol. The number of benzene rings is 2. The second-order valence-electron chi connectivity index (χ2n) is 6.40. The number of urea groups is 1. The zero-order valence-corrected chi connectivity index (χ0v) is 16.8. The molecule has 2 aromatic rings. The lowest BCUT2D eigenvalue weighted by molar-refractivity contribution is -0.121.